The number of carbonyl (C=O) groups excluding carboxylic acids is 1. The van der Waals surface area contributed by atoms with Gasteiger partial charge in [-0.05, 0) is 50.0 Å². The van der Waals surface area contributed by atoms with Gasteiger partial charge in [0.15, 0.2) is 0 Å². The standard InChI is InChI=1S/C15H21ClN2O/c1-15(7-10-17-11-8-15)14(19)18-9-6-12-2-4-13(16)5-3-12/h2-5,17H,6-11H2,1H3,(H,18,19). The molecular weight excluding hydrogens is 260 g/mol. The molecule has 1 fully saturated rings. The maximum absolute atomic E-state index is 12.2. The lowest BCUT2D eigenvalue weighted by Crippen LogP contribution is -2.46. The minimum atomic E-state index is -0.203. The number of piperidine rings is 1. The first-order valence-corrected chi connectivity index (χ1v) is 7.21. The van der Waals surface area contributed by atoms with Crippen LogP contribution in [0, 0.1) is 5.41 Å². The van der Waals surface area contributed by atoms with E-state index < -0.39 is 0 Å². The van der Waals surface area contributed by atoms with Crippen molar-refractivity contribution < 1.29 is 4.79 Å². The molecule has 0 aromatic heterocycles. The Morgan fingerprint density at radius 2 is 1.95 bits per heavy atom. The highest BCUT2D eigenvalue weighted by Gasteiger charge is 2.33. The van der Waals surface area contributed by atoms with Crippen LogP contribution in [0.15, 0.2) is 24.3 Å². The van der Waals surface area contributed by atoms with Crippen molar-refractivity contribution in [1.29, 1.82) is 0 Å². The van der Waals surface area contributed by atoms with Gasteiger partial charge in [-0.15, -0.1) is 0 Å². The van der Waals surface area contributed by atoms with E-state index in [-0.39, 0.29) is 11.3 Å². The monoisotopic (exact) mass is 280 g/mol. The number of hydrogen-bond acceptors (Lipinski definition) is 2. The number of carbonyl (C=O) groups is 1. The molecule has 2 rings (SSSR count). The molecule has 19 heavy (non-hydrogen) atoms. The maximum atomic E-state index is 12.2. The molecule has 4 heteroatoms. The fraction of sp³-hybridized carbons (Fsp3) is 0.533. The Morgan fingerprint density at radius 1 is 1.32 bits per heavy atom. The molecule has 104 valence electrons. The Bertz CT molecular complexity index is 424. The lowest BCUT2D eigenvalue weighted by atomic mass is 9.80. The van der Waals surface area contributed by atoms with Crippen molar-refractivity contribution in [3.05, 3.63) is 34.9 Å². The van der Waals surface area contributed by atoms with Gasteiger partial charge in [0.1, 0.15) is 0 Å². The van der Waals surface area contributed by atoms with E-state index in [1.807, 2.05) is 24.3 Å². The smallest absolute Gasteiger partial charge is 0.226 e. The average Bonchev–Trinajstić information content (AvgIpc) is 2.42. The zero-order chi connectivity index (χ0) is 13.7. The SMILES string of the molecule is CC1(C(=O)NCCc2ccc(Cl)cc2)CCNCC1. The first kappa shape index (κ1) is 14.4. The van der Waals surface area contributed by atoms with Crippen LogP contribution in [0.25, 0.3) is 0 Å². The van der Waals surface area contributed by atoms with Gasteiger partial charge < -0.3 is 10.6 Å². The van der Waals surface area contributed by atoms with Gasteiger partial charge in [0, 0.05) is 17.0 Å². The van der Waals surface area contributed by atoms with Crippen molar-refractivity contribution in [3.8, 4) is 0 Å². The third-order valence-corrected chi connectivity index (χ3v) is 4.12. The van der Waals surface area contributed by atoms with Gasteiger partial charge in [-0.1, -0.05) is 30.7 Å². The number of amides is 1. The fourth-order valence-electron chi connectivity index (χ4n) is 2.39. The zero-order valence-electron chi connectivity index (χ0n) is 11.3. The molecule has 0 spiro atoms. The molecule has 1 aromatic carbocycles. The molecular formula is C15H21ClN2O. The third-order valence-electron chi connectivity index (χ3n) is 3.87. The van der Waals surface area contributed by atoms with Crippen LogP contribution in [0.4, 0.5) is 0 Å². The summed E-state index contributed by atoms with van der Waals surface area (Å²) >= 11 is 5.84. The van der Waals surface area contributed by atoms with Crippen molar-refractivity contribution in [1.82, 2.24) is 10.6 Å². The minimum Gasteiger partial charge on any atom is -0.355 e. The normalized spacial score (nSPS) is 18.0. The van der Waals surface area contributed by atoms with Crippen molar-refractivity contribution >= 4 is 17.5 Å². The van der Waals surface area contributed by atoms with Crippen LogP contribution in [0.1, 0.15) is 25.3 Å². The van der Waals surface area contributed by atoms with Crippen molar-refractivity contribution in [3.63, 3.8) is 0 Å². The Balaban J connectivity index is 1.78. The largest absolute Gasteiger partial charge is 0.355 e. The Labute approximate surface area is 119 Å². The van der Waals surface area contributed by atoms with Crippen LogP contribution in [-0.4, -0.2) is 25.5 Å². The van der Waals surface area contributed by atoms with E-state index in [9.17, 15) is 4.79 Å². The molecule has 2 N–H and O–H groups in total. The van der Waals surface area contributed by atoms with Gasteiger partial charge in [0.25, 0.3) is 0 Å². The fourth-order valence-corrected chi connectivity index (χ4v) is 2.52. The lowest BCUT2D eigenvalue weighted by Gasteiger charge is -2.32. The Kier molecular flexibility index (Phi) is 4.83. The van der Waals surface area contributed by atoms with E-state index >= 15 is 0 Å². The van der Waals surface area contributed by atoms with Crippen molar-refractivity contribution in [2.75, 3.05) is 19.6 Å². The van der Waals surface area contributed by atoms with Gasteiger partial charge in [-0.2, -0.15) is 0 Å². The first-order chi connectivity index (χ1) is 9.10. The molecule has 1 aromatic rings. The van der Waals surface area contributed by atoms with Crippen LogP contribution in [0.2, 0.25) is 5.02 Å². The number of halogens is 1. The highest BCUT2D eigenvalue weighted by molar-refractivity contribution is 6.30. The maximum Gasteiger partial charge on any atom is 0.226 e. The summed E-state index contributed by atoms with van der Waals surface area (Å²) in [6, 6.07) is 7.77. The van der Waals surface area contributed by atoms with Gasteiger partial charge in [-0.25, -0.2) is 0 Å². The number of nitrogens with one attached hydrogen (secondary N) is 2. The third kappa shape index (κ3) is 3.95. The molecule has 0 bridgehead atoms. The second kappa shape index (κ2) is 6.40. The summed E-state index contributed by atoms with van der Waals surface area (Å²) in [4.78, 5) is 12.2. The molecule has 1 aliphatic rings. The molecule has 1 amide bonds. The molecule has 0 unspecified atom stereocenters. The molecule has 1 heterocycles. The van der Waals surface area contributed by atoms with Crippen LogP contribution in [0.5, 0.6) is 0 Å². The topological polar surface area (TPSA) is 41.1 Å². The summed E-state index contributed by atoms with van der Waals surface area (Å²) in [5.74, 6) is 0.183. The second-order valence-electron chi connectivity index (χ2n) is 5.44. The van der Waals surface area contributed by atoms with Gasteiger partial charge in [0.05, 0.1) is 0 Å². The van der Waals surface area contributed by atoms with Crippen molar-refractivity contribution in [2.45, 2.75) is 26.2 Å². The van der Waals surface area contributed by atoms with Crippen LogP contribution < -0.4 is 10.6 Å². The summed E-state index contributed by atoms with van der Waals surface area (Å²) in [6.45, 7) is 4.61. The predicted octanol–water partition coefficient (Wildman–Crippen LogP) is 2.39. The molecule has 1 saturated heterocycles. The minimum absolute atomic E-state index is 0.183. The van der Waals surface area contributed by atoms with E-state index in [1.165, 1.54) is 5.56 Å². The summed E-state index contributed by atoms with van der Waals surface area (Å²) in [6.07, 6.45) is 2.68. The van der Waals surface area contributed by atoms with E-state index in [1.54, 1.807) is 0 Å². The van der Waals surface area contributed by atoms with E-state index in [0.717, 1.165) is 37.4 Å². The van der Waals surface area contributed by atoms with E-state index in [2.05, 4.69) is 17.6 Å². The summed E-state index contributed by atoms with van der Waals surface area (Å²) in [5.41, 5.74) is 0.991. The van der Waals surface area contributed by atoms with Gasteiger partial charge in [0.2, 0.25) is 5.91 Å². The van der Waals surface area contributed by atoms with Gasteiger partial charge >= 0.3 is 0 Å². The molecule has 0 radical (unpaired) electrons. The summed E-state index contributed by atoms with van der Waals surface area (Å²) < 4.78 is 0. The van der Waals surface area contributed by atoms with Gasteiger partial charge in [-0.3, -0.25) is 4.79 Å². The zero-order valence-corrected chi connectivity index (χ0v) is 12.1. The van der Waals surface area contributed by atoms with Crippen molar-refractivity contribution in [2.24, 2.45) is 5.41 Å². The van der Waals surface area contributed by atoms with Crippen LogP contribution >= 0.6 is 11.6 Å². The second-order valence-corrected chi connectivity index (χ2v) is 5.88. The lowest BCUT2D eigenvalue weighted by molar-refractivity contribution is -0.131. The Morgan fingerprint density at radius 3 is 2.58 bits per heavy atom. The molecule has 0 aliphatic carbocycles. The summed E-state index contributed by atoms with van der Waals surface area (Å²) in [5, 5.41) is 7.09. The number of benzene rings is 1. The van der Waals surface area contributed by atoms with E-state index in [0.29, 0.717) is 6.54 Å². The molecule has 0 saturated carbocycles. The average molecular weight is 281 g/mol. The first-order valence-electron chi connectivity index (χ1n) is 6.84. The number of hydrogen-bond donors (Lipinski definition) is 2. The Hall–Kier alpha value is -1.06. The highest BCUT2D eigenvalue weighted by Crippen LogP contribution is 2.27. The van der Waals surface area contributed by atoms with Crippen LogP contribution in [0.3, 0.4) is 0 Å². The van der Waals surface area contributed by atoms with E-state index in [4.69, 9.17) is 11.6 Å². The summed E-state index contributed by atoms with van der Waals surface area (Å²) in [7, 11) is 0. The van der Waals surface area contributed by atoms with Crippen LogP contribution in [-0.2, 0) is 11.2 Å². The quantitative estimate of drug-likeness (QED) is 0.889. The number of rotatable bonds is 4. The predicted molar refractivity (Wildman–Crippen MR) is 78.4 cm³/mol. The molecule has 3 nitrogen and oxygen atoms in total. The highest BCUT2D eigenvalue weighted by atomic mass is 35.5. The molecule has 0 atom stereocenters. The molecule has 1 aliphatic heterocycles.